The van der Waals surface area contributed by atoms with E-state index in [1.165, 1.54) is 0 Å². The minimum absolute atomic E-state index is 0.234. The van der Waals surface area contributed by atoms with Crippen LogP contribution in [0.1, 0.15) is 28.5 Å². The number of anilines is 1. The van der Waals surface area contributed by atoms with Crippen molar-refractivity contribution in [1.29, 1.82) is 0 Å². The van der Waals surface area contributed by atoms with Crippen molar-refractivity contribution in [3.63, 3.8) is 0 Å². The third-order valence-corrected chi connectivity index (χ3v) is 8.15. The largest absolute Gasteiger partial charge is 0.456 e. The molecule has 2 aromatic carbocycles. The SMILES string of the molecule is O=C(Nc1ccc2oc(-c3ccnc(C(=O)N4CCN([C@@H](C5=NNN(C(F)F)N5)c5ccccc5)CC4)c3)cc2c1)[C@@H]1C[C@@H]1F. The lowest BCUT2D eigenvalue weighted by Gasteiger charge is -2.39. The molecule has 232 valence electrons. The van der Waals surface area contributed by atoms with Gasteiger partial charge in [0.05, 0.1) is 12.0 Å². The number of amidine groups is 1. The standard InChI is InChI=1S/C31H29F3N8O3/c32-23-17-22(23)29(43)36-21-6-7-25-20(14-21)16-26(45-25)19-8-9-35-24(15-19)30(44)41-12-10-40(11-13-41)27(18-4-2-1-3-5-18)28-37-39-42(38-28)31(33)34/h1-9,14-16,22-23,27,31,39H,10-13,17H2,(H,36,43)(H,37,38)/t22-,23+,27-/m1/s1. The topological polar surface area (TPSA) is 118 Å². The molecule has 45 heavy (non-hydrogen) atoms. The third kappa shape index (κ3) is 5.93. The van der Waals surface area contributed by atoms with E-state index in [2.05, 4.69) is 31.3 Å². The number of hydrogen-bond acceptors (Lipinski definition) is 9. The summed E-state index contributed by atoms with van der Waals surface area (Å²) in [5.74, 6) is -0.285. The highest BCUT2D eigenvalue weighted by Gasteiger charge is 2.43. The minimum atomic E-state index is -2.79. The number of hydrazine groups is 2. The van der Waals surface area contributed by atoms with Gasteiger partial charge in [-0.25, -0.2) is 9.93 Å². The number of furan rings is 1. The molecule has 0 spiro atoms. The molecule has 2 aromatic heterocycles. The molecule has 11 nitrogen and oxygen atoms in total. The Balaban J connectivity index is 1.03. The molecule has 0 bridgehead atoms. The van der Waals surface area contributed by atoms with Crippen LogP contribution in [0.15, 0.2) is 82.4 Å². The molecular formula is C31H29F3N8O3. The molecule has 2 amide bonds. The number of benzene rings is 2. The van der Waals surface area contributed by atoms with Crippen LogP contribution < -0.4 is 16.3 Å². The van der Waals surface area contributed by atoms with Gasteiger partial charge < -0.3 is 14.6 Å². The molecule has 4 aromatic rings. The summed E-state index contributed by atoms with van der Waals surface area (Å²) in [5, 5.41) is 8.14. The summed E-state index contributed by atoms with van der Waals surface area (Å²) in [6.45, 7) is -1.03. The number of hydrogen-bond donors (Lipinski definition) is 3. The number of nitrogens with zero attached hydrogens (tertiary/aromatic N) is 5. The Morgan fingerprint density at radius 1 is 1.00 bits per heavy atom. The number of carbonyl (C=O) groups is 2. The molecule has 1 aliphatic carbocycles. The molecular weight excluding hydrogens is 589 g/mol. The quantitative estimate of drug-likeness (QED) is 0.252. The maximum atomic E-state index is 13.5. The van der Waals surface area contributed by atoms with E-state index in [-0.39, 0.29) is 23.9 Å². The van der Waals surface area contributed by atoms with Crippen molar-refractivity contribution in [3.8, 4) is 11.3 Å². The maximum Gasteiger partial charge on any atom is 0.329 e. The normalized spacial score (nSPS) is 20.9. The van der Waals surface area contributed by atoms with Gasteiger partial charge in [0.15, 0.2) is 5.84 Å². The molecule has 0 radical (unpaired) electrons. The highest BCUT2D eigenvalue weighted by Crippen LogP contribution is 2.35. The van der Waals surface area contributed by atoms with E-state index < -0.39 is 24.7 Å². The molecule has 1 saturated heterocycles. The summed E-state index contributed by atoms with van der Waals surface area (Å²) in [6.07, 6.45) is 0.735. The number of amides is 2. The van der Waals surface area contributed by atoms with Crippen molar-refractivity contribution in [3.05, 3.63) is 84.2 Å². The summed E-state index contributed by atoms with van der Waals surface area (Å²) < 4.78 is 45.7. The number of pyridine rings is 1. The van der Waals surface area contributed by atoms with Crippen molar-refractivity contribution >= 4 is 34.3 Å². The van der Waals surface area contributed by atoms with Crippen molar-refractivity contribution in [2.45, 2.75) is 25.2 Å². The average Bonchev–Trinajstić information content (AvgIpc) is 3.40. The minimum Gasteiger partial charge on any atom is -0.456 e. The fraction of sp³-hybridized carbons (Fsp3) is 0.290. The van der Waals surface area contributed by atoms with Crippen LogP contribution in [0, 0.1) is 5.92 Å². The number of nitrogens with one attached hydrogen (secondary N) is 3. The van der Waals surface area contributed by atoms with Gasteiger partial charge in [-0.05, 0) is 48.4 Å². The number of aromatic nitrogens is 1. The van der Waals surface area contributed by atoms with Gasteiger partial charge in [-0.15, -0.1) is 5.10 Å². The van der Waals surface area contributed by atoms with Crippen LogP contribution in [-0.2, 0) is 4.79 Å². The Kier molecular flexibility index (Phi) is 7.59. The molecule has 4 heterocycles. The van der Waals surface area contributed by atoms with Crippen molar-refractivity contribution in [1.82, 2.24) is 30.9 Å². The van der Waals surface area contributed by atoms with Gasteiger partial charge in [0, 0.05) is 49.0 Å². The Bertz CT molecular complexity index is 1760. The van der Waals surface area contributed by atoms with Crippen molar-refractivity contribution < 1.29 is 27.2 Å². The Labute approximate surface area is 255 Å². The number of hydrazone groups is 1. The fourth-order valence-corrected chi connectivity index (χ4v) is 5.65. The summed E-state index contributed by atoms with van der Waals surface area (Å²) in [5.41, 5.74) is 7.92. The van der Waals surface area contributed by atoms with Gasteiger partial charge in [0.2, 0.25) is 5.91 Å². The number of fused-ring (bicyclic) bond motifs is 1. The van der Waals surface area contributed by atoms with Gasteiger partial charge in [0.1, 0.15) is 23.2 Å². The molecule has 1 saturated carbocycles. The number of alkyl halides is 3. The van der Waals surface area contributed by atoms with Gasteiger partial charge in [0.25, 0.3) is 5.91 Å². The monoisotopic (exact) mass is 618 g/mol. The molecule has 3 N–H and O–H groups in total. The van der Waals surface area contributed by atoms with E-state index in [0.29, 0.717) is 59.7 Å². The Hall–Kier alpha value is -4.95. The second-order valence-corrected chi connectivity index (χ2v) is 11.1. The second-order valence-electron chi connectivity index (χ2n) is 11.1. The first-order valence-electron chi connectivity index (χ1n) is 14.5. The van der Waals surface area contributed by atoms with E-state index in [4.69, 9.17) is 4.42 Å². The van der Waals surface area contributed by atoms with Crippen LogP contribution in [0.5, 0.6) is 0 Å². The molecule has 7 rings (SSSR count). The van der Waals surface area contributed by atoms with Crippen molar-refractivity contribution in [2.24, 2.45) is 11.0 Å². The average molecular weight is 619 g/mol. The molecule has 2 aliphatic heterocycles. The summed E-state index contributed by atoms with van der Waals surface area (Å²) in [4.78, 5) is 33.8. The zero-order valence-corrected chi connectivity index (χ0v) is 23.9. The first kappa shape index (κ1) is 28.8. The van der Waals surface area contributed by atoms with Crippen LogP contribution in [0.3, 0.4) is 0 Å². The first-order valence-corrected chi connectivity index (χ1v) is 14.5. The lowest BCUT2D eigenvalue weighted by Crippen LogP contribution is -2.53. The number of halogens is 3. The van der Waals surface area contributed by atoms with Gasteiger partial charge in [-0.2, -0.15) is 8.78 Å². The number of carbonyl (C=O) groups excluding carboxylic acids is 2. The highest BCUT2D eigenvalue weighted by molar-refractivity contribution is 5.97. The third-order valence-electron chi connectivity index (χ3n) is 8.15. The predicted molar refractivity (Wildman–Crippen MR) is 159 cm³/mol. The van der Waals surface area contributed by atoms with Gasteiger partial charge in [-0.3, -0.25) is 24.9 Å². The van der Waals surface area contributed by atoms with Crippen LogP contribution >= 0.6 is 0 Å². The molecule has 2 fully saturated rings. The zero-order valence-electron chi connectivity index (χ0n) is 23.9. The summed E-state index contributed by atoms with van der Waals surface area (Å²) in [7, 11) is 0. The van der Waals surface area contributed by atoms with E-state index in [0.717, 1.165) is 10.9 Å². The molecule has 3 atom stereocenters. The second kappa shape index (κ2) is 11.9. The lowest BCUT2D eigenvalue weighted by molar-refractivity contribution is -0.117. The first-order chi connectivity index (χ1) is 21.8. The van der Waals surface area contributed by atoms with Crippen molar-refractivity contribution in [2.75, 3.05) is 31.5 Å². The number of rotatable bonds is 8. The Morgan fingerprint density at radius 2 is 1.78 bits per heavy atom. The Morgan fingerprint density at radius 3 is 2.49 bits per heavy atom. The number of piperazine rings is 1. The summed E-state index contributed by atoms with van der Waals surface area (Å²) >= 11 is 0. The molecule has 3 aliphatic rings. The zero-order chi connectivity index (χ0) is 31.1. The molecule has 0 unspecified atom stereocenters. The van der Waals surface area contributed by atoms with Crippen LogP contribution in [0.4, 0.5) is 18.9 Å². The van der Waals surface area contributed by atoms with E-state index in [1.807, 2.05) is 36.4 Å². The molecule has 14 heteroatoms. The van der Waals surface area contributed by atoms with Crippen LogP contribution in [0.2, 0.25) is 0 Å². The lowest BCUT2D eigenvalue weighted by atomic mass is 10.0. The van der Waals surface area contributed by atoms with Gasteiger partial charge in [-0.1, -0.05) is 35.4 Å². The van der Waals surface area contributed by atoms with Crippen LogP contribution in [-0.4, -0.2) is 76.5 Å². The van der Waals surface area contributed by atoms with E-state index in [9.17, 15) is 22.8 Å². The maximum absolute atomic E-state index is 13.5. The highest BCUT2D eigenvalue weighted by atomic mass is 19.3. The fourth-order valence-electron chi connectivity index (χ4n) is 5.65. The van der Waals surface area contributed by atoms with Gasteiger partial charge >= 0.3 is 6.55 Å². The summed E-state index contributed by atoms with van der Waals surface area (Å²) in [6, 6.07) is 19.5. The van der Waals surface area contributed by atoms with E-state index >= 15 is 0 Å². The smallest absolute Gasteiger partial charge is 0.329 e. The predicted octanol–water partition coefficient (Wildman–Crippen LogP) is 4.15. The van der Waals surface area contributed by atoms with E-state index in [1.54, 1.807) is 41.4 Å². The van der Waals surface area contributed by atoms with Crippen LogP contribution in [0.25, 0.3) is 22.3 Å².